The third-order valence-electron chi connectivity index (χ3n) is 5.76. The highest BCUT2D eigenvalue weighted by Crippen LogP contribution is 2.14. The van der Waals surface area contributed by atoms with Crippen LogP contribution in [0.25, 0.3) is 0 Å². The number of hydrogen-bond donors (Lipinski definition) is 0. The van der Waals surface area contributed by atoms with Gasteiger partial charge in [0.1, 0.15) is 6.54 Å². The van der Waals surface area contributed by atoms with Crippen molar-refractivity contribution in [2.75, 3.05) is 0 Å². The van der Waals surface area contributed by atoms with Crippen LogP contribution in [0.15, 0.2) is 24.5 Å². The molecule has 0 aliphatic heterocycles. The molecule has 0 aromatic carbocycles. The van der Waals surface area contributed by atoms with Crippen LogP contribution >= 0.6 is 0 Å². The zero-order valence-corrected chi connectivity index (χ0v) is 18.7. The van der Waals surface area contributed by atoms with E-state index in [1.165, 1.54) is 128 Å². The molecule has 0 N–H and O–H groups in total. The highest BCUT2D eigenvalue weighted by atomic mass is 14.9. The Bertz CT molecular complexity index is 426. The van der Waals surface area contributed by atoms with Gasteiger partial charge in [0.05, 0.1) is 0 Å². The normalized spacial score (nSPS) is 11.2. The molecular formula is C26H48N+. The second-order valence-corrected chi connectivity index (χ2v) is 8.50. The molecule has 0 fully saturated rings. The zero-order valence-electron chi connectivity index (χ0n) is 18.7. The Morgan fingerprint density at radius 1 is 0.593 bits per heavy atom. The maximum absolute atomic E-state index is 2.37. The lowest BCUT2D eigenvalue weighted by Gasteiger charge is -2.04. The molecule has 0 aliphatic rings. The van der Waals surface area contributed by atoms with Crippen LogP contribution in [0.2, 0.25) is 0 Å². The average Bonchev–Trinajstić information content (AvgIpc) is 2.69. The van der Waals surface area contributed by atoms with Crippen LogP contribution in [-0.2, 0) is 13.0 Å². The summed E-state index contributed by atoms with van der Waals surface area (Å²) in [6.45, 7) is 5.73. The first kappa shape index (κ1) is 24.2. The molecule has 1 rings (SSSR count). The molecule has 1 heterocycles. The van der Waals surface area contributed by atoms with E-state index in [0.717, 1.165) is 0 Å². The molecular weight excluding hydrogens is 326 g/mol. The molecule has 1 aromatic heterocycles. The molecule has 156 valence electrons. The molecule has 0 amide bonds. The minimum atomic E-state index is 1.17. The second-order valence-electron chi connectivity index (χ2n) is 8.50. The fourth-order valence-corrected chi connectivity index (χ4v) is 3.90. The Hall–Kier alpha value is -0.850. The van der Waals surface area contributed by atoms with Crippen molar-refractivity contribution in [3.05, 3.63) is 30.1 Å². The largest absolute Gasteiger partial charge is 0.205 e. The number of rotatable bonds is 19. The first-order valence-electron chi connectivity index (χ1n) is 12.3. The lowest BCUT2D eigenvalue weighted by molar-refractivity contribution is -0.697. The summed E-state index contributed by atoms with van der Waals surface area (Å²) < 4.78 is 2.37. The van der Waals surface area contributed by atoms with E-state index in [1.807, 2.05) is 0 Å². The SMILES string of the molecule is CCCCCCCCCCCCCCCCCc1ccc[n+](CCCC)c1. The fourth-order valence-electron chi connectivity index (χ4n) is 3.90. The lowest BCUT2D eigenvalue weighted by Crippen LogP contribution is -2.33. The Balaban J connectivity index is 1.85. The van der Waals surface area contributed by atoms with Gasteiger partial charge in [-0.1, -0.05) is 110 Å². The first-order valence-corrected chi connectivity index (χ1v) is 12.3. The van der Waals surface area contributed by atoms with Gasteiger partial charge < -0.3 is 0 Å². The quantitative estimate of drug-likeness (QED) is 0.170. The Labute approximate surface area is 171 Å². The standard InChI is InChI=1S/C26H48N/c1-3-5-7-8-9-10-11-12-13-14-15-16-17-18-19-21-26-22-20-24-27(25-26)23-6-4-2/h20,22,24-25H,3-19,21,23H2,1-2H3/q+1. The monoisotopic (exact) mass is 374 g/mol. The Morgan fingerprint density at radius 2 is 1.07 bits per heavy atom. The summed E-state index contributed by atoms with van der Waals surface area (Å²) in [5.41, 5.74) is 1.52. The van der Waals surface area contributed by atoms with E-state index >= 15 is 0 Å². The van der Waals surface area contributed by atoms with Crippen molar-refractivity contribution in [2.24, 2.45) is 0 Å². The lowest BCUT2D eigenvalue weighted by atomic mass is 10.0. The third-order valence-corrected chi connectivity index (χ3v) is 5.76. The summed E-state index contributed by atoms with van der Waals surface area (Å²) in [5, 5.41) is 0. The summed E-state index contributed by atoms with van der Waals surface area (Å²) in [6.07, 6.45) is 30.0. The van der Waals surface area contributed by atoms with Crippen molar-refractivity contribution in [2.45, 2.75) is 136 Å². The number of aromatic nitrogens is 1. The maximum atomic E-state index is 2.37. The Morgan fingerprint density at radius 3 is 1.59 bits per heavy atom. The van der Waals surface area contributed by atoms with E-state index in [2.05, 4.69) is 42.9 Å². The predicted molar refractivity (Wildman–Crippen MR) is 120 cm³/mol. The summed E-state index contributed by atoms with van der Waals surface area (Å²) in [7, 11) is 0. The fraction of sp³-hybridized carbons (Fsp3) is 0.808. The van der Waals surface area contributed by atoms with E-state index < -0.39 is 0 Å². The van der Waals surface area contributed by atoms with Crippen LogP contribution in [0, 0.1) is 0 Å². The smallest absolute Gasteiger partial charge is 0.171 e. The summed E-state index contributed by atoms with van der Waals surface area (Å²) in [5.74, 6) is 0. The van der Waals surface area contributed by atoms with Gasteiger partial charge in [-0.3, -0.25) is 0 Å². The molecule has 0 radical (unpaired) electrons. The van der Waals surface area contributed by atoms with Gasteiger partial charge in [0.2, 0.25) is 0 Å². The molecule has 0 bridgehead atoms. The summed E-state index contributed by atoms with van der Waals surface area (Å²) >= 11 is 0. The van der Waals surface area contributed by atoms with Crippen LogP contribution in [0.3, 0.4) is 0 Å². The van der Waals surface area contributed by atoms with Crippen molar-refractivity contribution in [1.82, 2.24) is 0 Å². The highest BCUT2D eigenvalue weighted by Gasteiger charge is 2.02. The van der Waals surface area contributed by atoms with Crippen LogP contribution in [-0.4, -0.2) is 0 Å². The topological polar surface area (TPSA) is 3.88 Å². The molecule has 0 unspecified atom stereocenters. The molecule has 0 saturated heterocycles. The van der Waals surface area contributed by atoms with E-state index in [-0.39, 0.29) is 0 Å². The van der Waals surface area contributed by atoms with Crippen LogP contribution in [0.5, 0.6) is 0 Å². The van der Waals surface area contributed by atoms with Crippen LogP contribution in [0.1, 0.15) is 129 Å². The minimum Gasteiger partial charge on any atom is -0.205 e. The van der Waals surface area contributed by atoms with Crippen LogP contribution < -0.4 is 4.57 Å². The first-order chi connectivity index (χ1) is 13.4. The molecule has 1 aromatic rings. The van der Waals surface area contributed by atoms with E-state index in [1.54, 1.807) is 0 Å². The molecule has 0 spiro atoms. The number of pyridine rings is 1. The third kappa shape index (κ3) is 14.8. The van der Waals surface area contributed by atoms with Gasteiger partial charge in [-0.2, -0.15) is 0 Å². The minimum absolute atomic E-state index is 1.17. The number of nitrogens with zero attached hydrogens (tertiary/aromatic N) is 1. The number of aryl methyl sites for hydroxylation is 2. The predicted octanol–water partition coefficient (Wildman–Crippen LogP) is 8.19. The van der Waals surface area contributed by atoms with Gasteiger partial charge in [-0.25, -0.2) is 4.57 Å². The van der Waals surface area contributed by atoms with Gasteiger partial charge in [-0.05, 0) is 18.9 Å². The highest BCUT2D eigenvalue weighted by molar-refractivity contribution is 5.05. The van der Waals surface area contributed by atoms with Crippen molar-refractivity contribution < 1.29 is 4.57 Å². The molecule has 0 saturated carbocycles. The maximum Gasteiger partial charge on any atom is 0.171 e. The van der Waals surface area contributed by atoms with Gasteiger partial charge in [-0.15, -0.1) is 0 Å². The summed E-state index contributed by atoms with van der Waals surface area (Å²) in [4.78, 5) is 0. The van der Waals surface area contributed by atoms with Gasteiger partial charge >= 0.3 is 0 Å². The number of hydrogen-bond acceptors (Lipinski definition) is 0. The molecule has 0 aliphatic carbocycles. The molecule has 0 atom stereocenters. The van der Waals surface area contributed by atoms with E-state index in [9.17, 15) is 0 Å². The van der Waals surface area contributed by atoms with Gasteiger partial charge in [0.15, 0.2) is 12.4 Å². The van der Waals surface area contributed by atoms with Crippen molar-refractivity contribution in [3.63, 3.8) is 0 Å². The molecule has 27 heavy (non-hydrogen) atoms. The second kappa shape index (κ2) is 18.5. The van der Waals surface area contributed by atoms with Crippen molar-refractivity contribution in [1.29, 1.82) is 0 Å². The zero-order chi connectivity index (χ0) is 19.4. The van der Waals surface area contributed by atoms with E-state index in [0.29, 0.717) is 0 Å². The van der Waals surface area contributed by atoms with Crippen molar-refractivity contribution in [3.8, 4) is 0 Å². The van der Waals surface area contributed by atoms with Gasteiger partial charge in [0.25, 0.3) is 0 Å². The van der Waals surface area contributed by atoms with Crippen LogP contribution in [0.4, 0.5) is 0 Å². The summed E-state index contributed by atoms with van der Waals surface area (Å²) in [6, 6.07) is 4.52. The average molecular weight is 375 g/mol. The van der Waals surface area contributed by atoms with Crippen molar-refractivity contribution >= 4 is 0 Å². The van der Waals surface area contributed by atoms with Gasteiger partial charge in [0, 0.05) is 18.1 Å². The van der Waals surface area contributed by atoms with E-state index in [4.69, 9.17) is 0 Å². The molecule has 1 heteroatoms. The number of unbranched alkanes of at least 4 members (excludes halogenated alkanes) is 15. The Kier molecular flexibility index (Phi) is 16.6. The molecule has 1 nitrogen and oxygen atoms in total.